The van der Waals surface area contributed by atoms with Gasteiger partial charge in [0, 0.05) is 11.3 Å². The van der Waals surface area contributed by atoms with Crippen molar-refractivity contribution < 1.29 is 27.1 Å². The summed E-state index contributed by atoms with van der Waals surface area (Å²) < 4.78 is 50.5. The summed E-state index contributed by atoms with van der Waals surface area (Å²) in [5, 5.41) is 0. The van der Waals surface area contributed by atoms with Gasteiger partial charge in [0.05, 0.1) is 12.0 Å². The van der Waals surface area contributed by atoms with Gasteiger partial charge in [-0.1, -0.05) is 0 Å². The van der Waals surface area contributed by atoms with E-state index in [1.54, 1.807) is 43.5 Å². The van der Waals surface area contributed by atoms with E-state index in [1.165, 1.54) is 24.3 Å². The molecule has 0 radical (unpaired) electrons. The lowest BCUT2D eigenvalue weighted by Crippen LogP contribution is -2.13. The summed E-state index contributed by atoms with van der Waals surface area (Å²) in [5.41, 5.74) is 0.803. The zero-order chi connectivity index (χ0) is 20.9. The molecule has 0 aliphatic heterocycles. The molecule has 0 atom stereocenters. The Morgan fingerprint density at radius 1 is 0.897 bits per heavy atom. The van der Waals surface area contributed by atoms with E-state index in [1.807, 2.05) is 0 Å². The van der Waals surface area contributed by atoms with Crippen molar-refractivity contribution in [2.45, 2.75) is 4.90 Å². The van der Waals surface area contributed by atoms with Crippen molar-refractivity contribution in [2.75, 3.05) is 18.4 Å². The molecule has 0 saturated heterocycles. The van der Waals surface area contributed by atoms with Gasteiger partial charge in [0.15, 0.2) is 12.4 Å². The molecule has 0 spiro atoms. The fraction of sp³-hybridized carbons (Fsp3) is 0.0952. The van der Waals surface area contributed by atoms with Crippen LogP contribution >= 0.6 is 0 Å². The molecule has 29 heavy (non-hydrogen) atoms. The third kappa shape index (κ3) is 5.32. The normalized spacial score (nSPS) is 11.0. The molecule has 3 rings (SSSR count). The summed E-state index contributed by atoms with van der Waals surface area (Å²) in [6.07, 6.45) is 0. The molecule has 0 bridgehead atoms. The number of carbonyl (C=O) groups is 1. The number of nitrogens with one attached hydrogen (secondary N) is 1. The fourth-order valence-corrected chi connectivity index (χ4v) is 3.51. The first-order chi connectivity index (χ1) is 13.9. The Morgan fingerprint density at radius 2 is 1.48 bits per heavy atom. The van der Waals surface area contributed by atoms with Crippen molar-refractivity contribution in [3.05, 3.63) is 84.2 Å². The molecule has 150 valence electrons. The number of hydrogen-bond acceptors (Lipinski definition) is 5. The van der Waals surface area contributed by atoms with Crippen molar-refractivity contribution in [2.24, 2.45) is 0 Å². The molecule has 1 N–H and O–H groups in total. The highest BCUT2D eigenvalue weighted by atomic mass is 32.2. The Hall–Kier alpha value is -3.39. The maximum Gasteiger partial charge on any atom is 0.261 e. The maximum absolute atomic E-state index is 13.0. The molecule has 0 aliphatic carbocycles. The number of ether oxygens (including phenoxy) is 2. The minimum Gasteiger partial charge on any atom is -0.497 e. The Balaban J connectivity index is 1.59. The predicted molar refractivity (Wildman–Crippen MR) is 106 cm³/mol. The van der Waals surface area contributed by atoms with Crippen molar-refractivity contribution in [1.82, 2.24) is 0 Å². The monoisotopic (exact) mass is 415 g/mol. The van der Waals surface area contributed by atoms with Crippen LogP contribution in [0.1, 0.15) is 10.4 Å². The molecule has 0 amide bonds. The average molecular weight is 415 g/mol. The van der Waals surface area contributed by atoms with E-state index in [0.29, 0.717) is 22.7 Å². The SMILES string of the molecule is COc1ccc(C(=O)COc2ccc(NS(=O)(=O)c3ccc(F)cc3)cc2)cc1. The van der Waals surface area contributed by atoms with Crippen LogP contribution in [0.3, 0.4) is 0 Å². The highest BCUT2D eigenvalue weighted by molar-refractivity contribution is 7.92. The topological polar surface area (TPSA) is 81.7 Å². The summed E-state index contributed by atoms with van der Waals surface area (Å²) in [5.74, 6) is 0.348. The van der Waals surface area contributed by atoms with Crippen LogP contribution in [0.25, 0.3) is 0 Å². The summed E-state index contributed by atoms with van der Waals surface area (Å²) in [6.45, 7) is -0.160. The van der Waals surface area contributed by atoms with Crippen LogP contribution in [0.4, 0.5) is 10.1 Å². The maximum atomic E-state index is 13.0. The van der Waals surface area contributed by atoms with Gasteiger partial charge in [-0.25, -0.2) is 12.8 Å². The third-order valence-corrected chi connectivity index (χ3v) is 5.41. The second-order valence-electron chi connectivity index (χ2n) is 6.02. The van der Waals surface area contributed by atoms with Gasteiger partial charge < -0.3 is 9.47 Å². The Kier molecular flexibility index (Phi) is 6.13. The first kappa shape index (κ1) is 20.3. The van der Waals surface area contributed by atoms with E-state index in [2.05, 4.69) is 4.72 Å². The molecule has 3 aromatic carbocycles. The summed E-state index contributed by atoms with van der Waals surface area (Å²) >= 11 is 0. The summed E-state index contributed by atoms with van der Waals surface area (Å²) in [7, 11) is -2.29. The molecular weight excluding hydrogens is 397 g/mol. The number of Topliss-reactive ketones (excluding diaryl/α,β-unsaturated/α-hetero) is 1. The zero-order valence-electron chi connectivity index (χ0n) is 15.5. The number of benzene rings is 3. The number of rotatable bonds is 8. The molecule has 0 aromatic heterocycles. The molecule has 3 aromatic rings. The predicted octanol–water partition coefficient (Wildman–Crippen LogP) is 3.90. The molecule has 8 heteroatoms. The summed E-state index contributed by atoms with van der Waals surface area (Å²) in [6, 6.07) is 17.3. The van der Waals surface area contributed by atoms with Gasteiger partial charge in [-0.3, -0.25) is 9.52 Å². The second-order valence-corrected chi connectivity index (χ2v) is 7.71. The lowest BCUT2D eigenvalue weighted by molar-refractivity contribution is 0.0921. The van der Waals surface area contributed by atoms with Crippen molar-refractivity contribution in [3.63, 3.8) is 0 Å². The van der Waals surface area contributed by atoms with Crippen molar-refractivity contribution in [3.8, 4) is 11.5 Å². The third-order valence-electron chi connectivity index (χ3n) is 4.01. The van der Waals surface area contributed by atoms with Crippen LogP contribution in [-0.2, 0) is 10.0 Å². The zero-order valence-corrected chi connectivity index (χ0v) is 16.3. The van der Waals surface area contributed by atoms with E-state index < -0.39 is 15.8 Å². The van der Waals surface area contributed by atoms with E-state index in [-0.39, 0.29) is 17.3 Å². The Morgan fingerprint density at radius 3 is 2.07 bits per heavy atom. The van der Waals surface area contributed by atoms with Crippen LogP contribution in [-0.4, -0.2) is 27.9 Å². The first-order valence-corrected chi connectivity index (χ1v) is 10.0. The van der Waals surface area contributed by atoms with Crippen LogP contribution in [0.2, 0.25) is 0 Å². The van der Waals surface area contributed by atoms with Gasteiger partial charge in [0.25, 0.3) is 10.0 Å². The number of anilines is 1. The number of methoxy groups -OCH3 is 1. The van der Waals surface area contributed by atoms with Gasteiger partial charge >= 0.3 is 0 Å². The van der Waals surface area contributed by atoms with Gasteiger partial charge in [-0.05, 0) is 72.8 Å². The number of ketones is 1. The standard InChI is InChI=1S/C21H18FNO5S/c1-27-18-8-2-15(3-9-18)21(24)14-28-19-10-6-17(7-11-19)23-29(25,26)20-12-4-16(22)5-13-20/h2-13,23H,14H2,1H3. The van der Waals surface area contributed by atoms with E-state index in [9.17, 15) is 17.6 Å². The van der Waals surface area contributed by atoms with E-state index >= 15 is 0 Å². The van der Waals surface area contributed by atoms with Gasteiger partial charge in [0.1, 0.15) is 17.3 Å². The molecule has 0 saturated carbocycles. The smallest absolute Gasteiger partial charge is 0.261 e. The minimum atomic E-state index is -3.83. The molecule has 0 fully saturated rings. The molecule has 0 heterocycles. The summed E-state index contributed by atoms with van der Waals surface area (Å²) in [4.78, 5) is 12.1. The number of hydrogen-bond donors (Lipinski definition) is 1. The molecule has 6 nitrogen and oxygen atoms in total. The fourth-order valence-electron chi connectivity index (χ4n) is 2.46. The number of halogens is 1. The lowest BCUT2D eigenvalue weighted by Gasteiger charge is -2.10. The lowest BCUT2D eigenvalue weighted by atomic mass is 10.1. The van der Waals surface area contributed by atoms with Gasteiger partial charge in [0.2, 0.25) is 0 Å². The average Bonchev–Trinajstić information content (AvgIpc) is 2.73. The van der Waals surface area contributed by atoms with Crippen molar-refractivity contribution >= 4 is 21.5 Å². The van der Waals surface area contributed by atoms with Gasteiger partial charge in [-0.15, -0.1) is 0 Å². The first-order valence-electron chi connectivity index (χ1n) is 8.56. The Bertz CT molecular complexity index is 1080. The molecule has 0 unspecified atom stereocenters. The van der Waals surface area contributed by atoms with Crippen molar-refractivity contribution in [1.29, 1.82) is 0 Å². The quantitative estimate of drug-likeness (QED) is 0.565. The van der Waals surface area contributed by atoms with E-state index in [4.69, 9.17) is 9.47 Å². The largest absolute Gasteiger partial charge is 0.497 e. The van der Waals surface area contributed by atoms with Crippen LogP contribution < -0.4 is 14.2 Å². The highest BCUT2D eigenvalue weighted by Crippen LogP contribution is 2.20. The van der Waals surface area contributed by atoms with Crippen LogP contribution in [0, 0.1) is 5.82 Å². The second kappa shape index (κ2) is 8.74. The van der Waals surface area contributed by atoms with Gasteiger partial charge in [-0.2, -0.15) is 0 Å². The van der Waals surface area contributed by atoms with Crippen LogP contribution in [0.15, 0.2) is 77.7 Å². The number of carbonyl (C=O) groups excluding carboxylic acids is 1. The molecule has 0 aliphatic rings. The van der Waals surface area contributed by atoms with Crippen LogP contribution in [0.5, 0.6) is 11.5 Å². The number of sulfonamides is 1. The molecular formula is C21H18FNO5S. The Labute approximate surface area is 168 Å². The van der Waals surface area contributed by atoms with E-state index in [0.717, 1.165) is 12.1 Å². The minimum absolute atomic E-state index is 0.0516. The highest BCUT2D eigenvalue weighted by Gasteiger charge is 2.14.